The summed E-state index contributed by atoms with van der Waals surface area (Å²) in [5.41, 5.74) is 1.64. The van der Waals surface area contributed by atoms with Gasteiger partial charge in [0, 0.05) is 17.6 Å². The van der Waals surface area contributed by atoms with Crippen LogP contribution in [0.1, 0.15) is 28.2 Å². The Bertz CT molecular complexity index is 941. The quantitative estimate of drug-likeness (QED) is 0.610. The Morgan fingerprint density at radius 1 is 1.18 bits per heavy atom. The highest BCUT2D eigenvalue weighted by Gasteiger charge is 2.36. The fourth-order valence-corrected chi connectivity index (χ4v) is 4.51. The molecule has 1 atom stereocenters. The van der Waals surface area contributed by atoms with Crippen LogP contribution in [0.2, 0.25) is 0 Å². The van der Waals surface area contributed by atoms with Crippen molar-refractivity contribution in [1.29, 1.82) is 0 Å². The van der Waals surface area contributed by atoms with E-state index in [9.17, 15) is 9.59 Å². The van der Waals surface area contributed by atoms with Crippen LogP contribution >= 0.6 is 22.7 Å². The number of likely N-dealkylation sites (tertiary alicyclic amines) is 1. The van der Waals surface area contributed by atoms with Crippen molar-refractivity contribution < 1.29 is 14.3 Å². The van der Waals surface area contributed by atoms with E-state index in [4.69, 9.17) is 4.74 Å². The minimum absolute atomic E-state index is 0.0996. The molecule has 1 amide bonds. The van der Waals surface area contributed by atoms with Gasteiger partial charge < -0.3 is 15.0 Å². The number of carbonyl (C=O) groups excluding carboxylic acids is 2. The van der Waals surface area contributed by atoms with Gasteiger partial charge in [-0.05, 0) is 36.4 Å². The second-order valence-electron chi connectivity index (χ2n) is 6.38. The van der Waals surface area contributed by atoms with Gasteiger partial charge in [-0.1, -0.05) is 24.3 Å². The average molecular weight is 414 g/mol. The molecule has 3 aromatic rings. The number of para-hydroxylation sites is 1. The molecule has 1 fully saturated rings. The highest BCUT2D eigenvalue weighted by atomic mass is 32.1. The van der Waals surface area contributed by atoms with Gasteiger partial charge in [-0.25, -0.2) is 9.78 Å². The summed E-state index contributed by atoms with van der Waals surface area (Å²) in [6.07, 6.45) is 1.44. The zero-order valence-electron chi connectivity index (χ0n) is 15.0. The van der Waals surface area contributed by atoms with E-state index in [2.05, 4.69) is 10.3 Å². The molecule has 28 heavy (non-hydrogen) atoms. The number of aromatic nitrogens is 1. The van der Waals surface area contributed by atoms with Crippen molar-refractivity contribution in [1.82, 2.24) is 9.88 Å². The van der Waals surface area contributed by atoms with E-state index in [0.717, 1.165) is 17.2 Å². The molecule has 4 rings (SSSR count). The number of amides is 1. The van der Waals surface area contributed by atoms with Crippen molar-refractivity contribution in [2.45, 2.75) is 25.5 Å². The summed E-state index contributed by atoms with van der Waals surface area (Å²) in [6.45, 7) is 0.682. The summed E-state index contributed by atoms with van der Waals surface area (Å²) < 4.78 is 5.46. The Labute approximate surface area is 170 Å². The summed E-state index contributed by atoms with van der Waals surface area (Å²) in [5, 5.41) is 7.69. The number of rotatable bonds is 6. The summed E-state index contributed by atoms with van der Waals surface area (Å²) in [4.78, 5) is 31.9. The first kappa shape index (κ1) is 18.6. The van der Waals surface area contributed by atoms with Gasteiger partial charge in [-0.3, -0.25) is 4.79 Å². The number of anilines is 2. The van der Waals surface area contributed by atoms with E-state index >= 15 is 0 Å². The van der Waals surface area contributed by atoms with Crippen molar-refractivity contribution >= 4 is 45.4 Å². The smallest absolute Gasteiger partial charge is 0.329 e. The zero-order valence-corrected chi connectivity index (χ0v) is 16.7. The zero-order chi connectivity index (χ0) is 19.3. The second kappa shape index (κ2) is 8.53. The van der Waals surface area contributed by atoms with Gasteiger partial charge in [0.25, 0.3) is 5.91 Å². The van der Waals surface area contributed by atoms with Crippen molar-refractivity contribution in [3.05, 3.63) is 63.8 Å². The summed E-state index contributed by atoms with van der Waals surface area (Å²) in [5.74, 6) is -0.467. The Kier molecular flexibility index (Phi) is 5.68. The van der Waals surface area contributed by atoms with E-state index < -0.39 is 6.04 Å². The van der Waals surface area contributed by atoms with E-state index in [0.29, 0.717) is 23.5 Å². The highest BCUT2D eigenvalue weighted by molar-refractivity contribution is 7.13. The van der Waals surface area contributed by atoms with Gasteiger partial charge in [0.2, 0.25) is 0 Å². The molecule has 144 valence electrons. The SMILES string of the molecule is O=C(OCc1csc(Nc2ccccc2)n1)C1CCCN1C(=O)c1cccs1. The van der Waals surface area contributed by atoms with Crippen molar-refractivity contribution in [3.63, 3.8) is 0 Å². The fraction of sp³-hybridized carbons (Fsp3) is 0.250. The Morgan fingerprint density at radius 2 is 2.04 bits per heavy atom. The van der Waals surface area contributed by atoms with Crippen LogP contribution in [0.25, 0.3) is 0 Å². The number of hydrogen-bond acceptors (Lipinski definition) is 7. The minimum atomic E-state index is -0.518. The topological polar surface area (TPSA) is 71.5 Å². The van der Waals surface area contributed by atoms with Crippen molar-refractivity contribution in [2.75, 3.05) is 11.9 Å². The predicted molar refractivity (Wildman–Crippen MR) is 110 cm³/mol. The molecule has 0 radical (unpaired) electrons. The molecule has 1 unspecified atom stereocenters. The molecule has 6 nitrogen and oxygen atoms in total. The van der Waals surface area contributed by atoms with Gasteiger partial charge in [0.15, 0.2) is 5.13 Å². The summed E-state index contributed by atoms with van der Waals surface area (Å²) >= 11 is 2.84. The molecule has 0 bridgehead atoms. The third-order valence-corrected chi connectivity index (χ3v) is 6.12. The van der Waals surface area contributed by atoms with Crippen LogP contribution in [0.4, 0.5) is 10.8 Å². The van der Waals surface area contributed by atoms with Crippen LogP contribution in [0.5, 0.6) is 0 Å². The molecule has 3 heterocycles. The maximum atomic E-state index is 12.6. The number of benzene rings is 1. The molecular formula is C20H19N3O3S2. The lowest BCUT2D eigenvalue weighted by atomic mass is 10.2. The highest BCUT2D eigenvalue weighted by Crippen LogP contribution is 2.24. The number of nitrogens with zero attached hydrogens (tertiary/aromatic N) is 2. The number of thiazole rings is 1. The normalized spacial score (nSPS) is 16.1. The number of thiophene rings is 1. The maximum Gasteiger partial charge on any atom is 0.329 e. The molecule has 0 saturated carbocycles. The first-order valence-electron chi connectivity index (χ1n) is 8.98. The van der Waals surface area contributed by atoms with Gasteiger partial charge in [0.05, 0.1) is 10.6 Å². The maximum absolute atomic E-state index is 12.6. The molecule has 1 aliphatic heterocycles. The first-order chi connectivity index (χ1) is 13.7. The lowest BCUT2D eigenvalue weighted by Gasteiger charge is -2.22. The number of carbonyl (C=O) groups is 2. The van der Waals surface area contributed by atoms with Crippen molar-refractivity contribution in [2.24, 2.45) is 0 Å². The van der Waals surface area contributed by atoms with E-state index in [-0.39, 0.29) is 18.5 Å². The number of esters is 1. The van der Waals surface area contributed by atoms with Crippen molar-refractivity contribution in [3.8, 4) is 0 Å². The van der Waals surface area contributed by atoms with E-state index in [1.165, 1.54) is 22.7 Å². The molecule has 2 aromatic heterocycles. The third-order valence-electron chi connectivity index (χ3n) is 4.46. The monoisotopic (exact) mass is 413 g/mol. The average Bonchev–Trinajstić information content (AvgIpc) is 3.48. The molecule has 1 N–H and O–H groups in total. The van der Waals surface area contributed by atoms with Gasteiger partial charge in [-0.2, -0.15) is 0 Å². The number of hydrogen-bond donors (Lipinski definition) is 1. The number of ether oxygens (including phenoxy) is 1. The second-order valence-corrected chi connectivity index (χ2v) is 8.18. The first-order valence-corrected chi connectivity index (χ1v) is 10.7. The predicted octanol–water partition coefficient (Wildman–Crippen LogP) is 4.30. The molecule has 8 heteroatoms. The molecule has 0 aliphatic carbocycles. The van der Waals surface area contributed by atoms with E-state index in [1.54, 1.807) is 11.0 Å². The largest absolute Gasteiger partial charge is 0.458 e. The van der Waals surface area contributed by atoms with Crippen LogP contribution < -0.4 is 5.32 Å². The van der Waals surface area contributed by atoms with Crippen LogP contribution in [0.15, 0.2) is 53.2 Å². The van der Waals surface area contributed by atoms with Gasteiger partial charge in [0.1, 0.15) is 12.6 Å². The van der Waals surface area contributed by atoms with Crippen LogP contribution in [-0.2, 0) is 16.1 Å². The Morgan fingerprint density at radius 3 is 2.82 bits per heavy atom. The van der Waals surface area contributed by atoms with Gasteiger partial charge >= 0.3 is 5.97 Å². The Hall–Kier alpha value is -2.71. The standard InChI is InChI=1S/C20H19N3O3S2/c24-18(17-9-5-11-27-17)23-10-4-8-16(23)19(25)26-12-15-13-28-20(22-15)21-14-6-2-1-3-7-14/h1-3,5-7,9,11,13,16H,4,8,10,12H2,(H,21,22). The lowest BCUT2D eigenvalue weighted by Crippen LogP contribution is -2.41. The Balaban J connectivity index is 1.33. The fourth-order valence-electron chi connectivity index (χ4n) is 3.11. The molecule has 0 spiro atoms. The van der Waals surface area contributed by atoms with Gasteiger partial charge in [-0.15, -0.1) is 22.7 Å². The van der Waals surface area contributed by atoms with Crippen LogP contribution in [-0.4, -0.2) is 34.3 Å². The molecule has 1 saturated heterocycles. The summed E-state index contributed by atoms with van der Waals surface area (Å²) in [6, 6.07) is 12.9. The van der Waals surface area contributed by atoms with Crippen LogP contribution in [0, 0.1) is 0 Å². The number of nitrogens with one attached hydrogen (secondary N) is 1. The lowest BCUT2D eigenvalue weighted by molar-refractivity contribution is -0.149. The van der Waals surface area contributed by atoms with Crippen LogP contribution in [0.3, 0.4) is 0 Å². The molecule has 1 aliphatic rings. The third kappa shape index (κ3) is 4.23. The minimum Gasteiger partial charge on any atom is -0.458 e. The summed E-state index contributed by atoms with van der Waals surface area (Å²) in [7, 11) is 0. The van der Waals surface area contributed by atoms with E-state index in [1.807, 2.05) is 47.2 Å². The molecule has 1 aromatic carbocycles. The molecular weight excluding hydrogens is 394 g/mol.